The van der Waals surface area contributed by atoms with Gasteiger partial charge in [-0.25, -0.2) is 0 Å². The lowest BCUT2D eigenvalue weighted by molar-refractivity contribution is -0.0396. The van der Waals surface area contributed by atoms with Crippen LogP contribution >= 0.6 is 0 Å². The fourth-order valence-electron chi connectivity index (χ4n) is 5.54. The number of hydrogen-bond donors (Lipinski definition) is 2. The van der Waals surface area contributed by atoms with Gasteiger partial charge in [0.25, 0.3) is 0 Å². The van der Waals surface area contributed by atoms with Crippen LogP contribution in [0.25, 0.3) is 0 Å². The van der Waals surface area contributed by atoms with Crippen molar-refractivity contribution in [3.63, 3.8) is 0 Å². The monoisotopic (exact) mass is 346 g/mol. The first-order chi connectivity index (χ1) is 11.6. The van der Waals surface area contributed by atoms with E-state index in [-0.39, 0.29) is 28.8 Å². The van der Waals surface area contributed by atoms with E-state index in [2.05, 4.69) is 20.8 Å². The standard InChI is InChI=1S/C21H30O4/c1-11(2)12-10-13-14(16(23)18(12)25-6)21(5)9-7-8-20(3,4)19(21)17(24)15(13)22/h10-11,17,19,23-24H,7-9H2,1-6H3. The number of ether oxygens (including phenoxy) is 1. The molecular weight excluding hydrogens is 316 g/mol. The van der Waals surface area contributed by atoms with E-state index in [9.17, 15) is 15.0 Å². The van der Waals surface area contributed by atoms with Gasteiger partial charge in [0, 0.05) is 28.0 Å². The molecule has 3 rings (SSSR count). The van der Waals surface area contributed by atoms with Gasteiger partial charge in [0.15, 0.2) is 17.3 Å². The molecule has 0 saturated heterocycles. The molecule has 3 atom stereocenters. The molecule has 1 saturated carbocycles. The number of fused-ring (bicyclic) bond motifs is 3. The third-order valence-corrected chi connectivity index (χ3v) is 6.58. The molecule has 3 unspecified atom stereocenters. The molecule has 1 aromatic carbocycles. The summed E-state index contributed by atoms with van der Waals surface area (Å²) in [4.78, 5) is 13.0. The first kappa shape index (κ1) is 18.2. The lowest BCUT2D eigenvalue weighted by Gasteiger charge is -2.55. The van der Waals surface area contributed by atoms with Crippen molar-refractivity contribution in [3.05, 3.63) is 22.8 Å². The molecule has 1 fully saturated rings. The molecule has 4 nitrogen and oxygen atoms in total. The Morgan fingerprint density at radius 1 is 1.24 bits per heavy atom. The van der Waals surface area contributed by atoms with Crippen LogP contribution in [0, 0.1) is 11.3 Å². The summed E-state index contributed by atoms with van der Waals surface area (Å²) in [6.45, 7) is 10.3. The number of benzene rings is 1. The Morgan fingerprint density at radius 3 is 2.44 bits per heavy atom. The summed E-state index contributed by atoms with van der Waals surface area (Å²) < 4.78 is 5.52. The highest BCUT2D eigenvalue weighted by Crippen LogP contribution is 2.60. The SMILES string of the molecule is COc1c(C(C)C)cc2c(c1O)C1(C)CCCC(C)(C)C1C(O)C2=O. The Morgan fingerprint density at radius 2 is 1.88 bits per heavy atom. The normalized spacial score (nSPS) is 30.8. The van der Waals surface area contributed by atoms with Gasteiger partial charge in [0.2, 0.25) is 0 Å². The lowest BCUT2D eigenvalue weighted by Crippen LogP contribution is -2.56. The Hall–Kier alpha value is -1.55. The van der Waals surface area contributed by atoms with E-state index in [1.807, 2.05) is 19.9 Å². The number of phenolic OH excluding ortho intramolecular Hbond substituents is 1. The van der Waals surface area contributed by atoms with E-state index in [0.29, 0.717) is 16.9 Å². The Bertz CT molecular complexity index is 719. The predicted molar refractivity (Wildman–Crippen MR) is 97.6 cm³/mol. The summed E-state index contributed by atoms with van der Waals surface area (Å²) in [5, 5.41) is 22.0. The van der Waals surface area contributed by atoms with Crippen LogP contribution in [-0.2, 0) is 5.41 Å². The van der Waals surface area contributed by atoms with Crippen LogP contribution in [0.4, 0.5) is 0 Å². The third kappa shape index (κ3) is 2.41. The van der Waals surface area contributed by atoms with Gasteiger partial charge in [-0.2, -0.15) is 0 Å². The summed E-state index contributed by atoms with van der Waals surface area (Å²) >= 11 is 0. The number of aromatic hydroxyl groups is 1. The van der Waals surface area contributed by atoms with Crippen LogP contribution < -0.4 is 4.74 Å². The first-order valence-corrected chi connectivity index (χ1v) is 9.23. The van der Waals surface area contributed by atoms with E-state index < -0.39 is 11.5 Å². The quantitative estimate of drug-likeness (QED) is 0.843. The summed E-state index contributed by atoms with van der Waals surface area (Å²) in [7, 11) is 1.55. The largest absolute Gasteiger partial charge is 0.504 e. The van der Waals surface area contributed by atoms with Crippen LogP contribution in [0.2, 0.25) is 0 Å². The highest BCUT2D eigenvalue weighted by atomic mass is 16.5. The maximum atomic E-state index is 13.0. The van der Waals surface area contributed by atoms with Gasteiger partial charge in [0.1, 0.15) is 6.10 Å². The minimum absolute atomic E-state index is 0.0779. The van der Waals surface area contributed by atoms with E-state index in [1.54, 1.807) is 7.11 Å². The second-order valence-electron chi connectivity index (χ2n) is 8.97. The molecule has 2 aliphatic carbocycles. The lowest BCUT2D eigenvalue weighted by atomic mass is 9.49. The summed E-state index contributed by atoms with van der Waals surface area (Å²) in [6.07, 6.45) is 1.79. The molecule has 138 valence electrons. The maximum Gasteiger partial charge on any atom is 0.192 e. The fraction of sp³-hybridized carbons (Fsp3) is 0.667. The van der Waals surface area contributed by atoms with Gasteiger partial charge in [-0.05, 0) is 30.2 Å². The van der Waals surface area contributed by atoms with Gasteiger partial charge in [-0.1, -0.05) is 41.0 Å². The number of aliphatic hydroxyl groups excluding tert-OH is 1. The van der Waals surface area contributed by atoms with Gasteiger partial charge in [-0.3, -0.25) is 4.79 Å². The molecular formula is C21H30O4. The number of carbonyl (C=O) groups excluding carboxylic acids is 1. The second-order valence-corrected chi connectivity index (χ2v) is 8.97. The molecule has 1 aromatic rings. The Labute approximate surface area is 150 Å². The van der Waals surface area contributed by atoms with E-state index in [1.165, 1.54) is 0 Å². The third-order valence-electron chi connectivity index (χ3n) is 6.58. The molecule has 0 bridgehead atoms. The van der Waals surface area contributed by atoms with E-state index in [4.69, 9.17) is 4.74 Å². The molecule has 0 aromatic heterocycles. The number of aliphatic hydroxyl groups is 1. The van der Waals surface area contributed by atoms with Crippen LogP contribution in [0.3, 0.4) is 0 Å². The molecule has 2 aliphatic rings. The molecule has 4 heteroatoms. The molecule has 0 spiro atoms. The number of hydrogen-bond acceptors (Lipinski definition) is 4. The van der Waals surface area contributed by atoms with Crippen molar-refractivity contribution in [1.82, 2.24) is 0 Å². The number of ketones is 1. The van der Waals surface area contributed by atoms with Crippen LogP contribution in [-0.4, -0.2) is 29.2 Å². The smallest absolute Gasteiger partial charge is 0.192 e. The van der Waals surface area contributed by atoms with Gasteiger partial charge in [-0.15, -0.1) is 0 Å². The molecule has 0 radical (unpaired) electrons. The van der Waals surface area contributed by atoms with Gasteiger partial charge in [0.05, 0.1) is 7.11 Å². The van der Waals surface area contributed by atoms with Gasteiger partial charge >= 0.3 is 0 Å². The number of phenols is 1. The second kappa shape index (κ2) is 5.73. The zero-order valence-corrected chi connectivity index (χ0v) is 16.1. The minimum atomic E-state index is -1.03. The molecule has 25 heavy (non-hydrogen) atoms. The number of methoxy groups -OCH3 is 1. The average molecular weight is 346 g/mol. The average Bonchev–Trinajstić information content (AvgIpc) is 2.50. The topological polar surface area (TPSA) is 66.8 Å². The van der Waals surface area contributed by atoms with Crippen molar-refractivity contribution in [3.8, 4) is 11.5 Å². The van der Waals surface area contributed by atoms with Crippen molar-refractivity contribution in [1.29, 1.82) is 0 Å². The van der Waals surface area contributed by atoms with Crippen molar-refractivity contribution in [2.45, 2.75) is 71.3 Å². The fourth-order valence-corrected chi connectivity index (χ4v) is 5.54. The van der Waals surface area contributed by atoms with Crippen LogP contribution in [0.15, 0.2) is 6.07 Å². The number of rotatable bonds is 2. The first-order valence-electron chi connectivity index (χ1n) is 9.23. The van der Waals surface area contributed by atoms with Crippen LogP contribution in [0.5, 0.6) is 11.5 Å². The zero-order valence-electron chi connectivity index (χ0n) is 16.1. The van der Waals surface area contributed by atoms with Crippen molar-refractivity contribution >= 4 is 5.78 Å². The number of carbonyl (C=O) groups is 1. The van der Waals surface area contributed by atoms with Crippen molar-refractivity contribution < 1.29 is 19.7 Å². The van der Waals surface area contributed by atoms with E-state index >= 15 is 0 Å². The van der Waals surface area contributed by atoms with Gasteiger partial charge < -0.3 is 14.9 Å². The Balaban J connectivity index is 2.35. The highest BCUT2D eigenvalue weighted by Gasteiger charge is 2.57. The predicted octanol–water partition coefficient (Wildman–Crippen LogP) is 4.17. The minimum Gasteiger partial charge on any atom is -0.504 e. The highest BCUT2D eigenvalue weighted by molar-refractivity contribution is 6.04. The summed E-state index contributed by atoms with van der Waals surface area (Å²) in [6, 6.07) is 1.83. The Kier molecular flexibility index (Phi) is 4.18. The van der Waals surface area contributed by atoms with Crippen LogP contribution in [0.1, 0.15) is 81.3 Å². The van der Waals surface area contributed by atoms with Crippen molar-refractivity contribution in [2.75, 3.05) is 7.11 Å². The molecule has 0 amide bonds. The summed E-state index contributed by atoms with van der Waals surface area (Å²) in [5.41, 5.74) is 1.32. The summed E-state index contributed by atoms with van der Waals surface area (Å²) in [5.74, 6) is 0.154. The van der Waals surface area contributed by atoms with E-state index in [0.717, 1.165) is 24.8 Å². The zero-order chi connectivity index (χ0) is 18.7. The number of Topliss-reactive ketones (excluding diaryl/α,β-unsaturated/α-hetero) is 1. The molecule has 0 aliphatic heterocycles. The van der Waals surface area contributed by atoms with Crippen molar-refractivity contribution in [2.24, 2.45) is 11.3 Å². The molecule has 0 heterocycles. The maximum absolute atomic E-state index is 13.0. The molecule has 2 N–H and O–H groups in total.